The van der Waals surface area contributed by atoms with Crippen molar-refractivity contribution in [3.63, 3.8) is 0 Å². The molecule has 1 heterocycles. The molecule has 1 aliphatic heterocycles. The SMILES string of the molecule is Oc1ccc2c(c1)C=CNC2. The van der Waals surface area contributed by atoms with Gasteiger partial charge in [-0.3, -0.25) is 0 Å². The first-order valence-corrected chi connectivity index (χ1v) is 3.58. The van der Waals surface area contributed by atoms with Gasteiger partial charge in [0.15, 0.2) is 0 Å². The van der Waals surface area contributed by atoms with Gasteiger partial charge in [-0.05, 0) is 35.5 Å². The maximum atomic E-state index is 9.13. The second-order valence-electron chi connectivity index (χ2n) is 2.60. The zero-order valence-electron chi connectivity index (χ0n) is 6.04. The molecule has 2 rings (SSSR count). The Labute approximate surface area is 65.2 Å². The molecule has 0 amide bonds. The lowest BCUT2D eigenvalue weighted by atomic mass is 10.1. The van der Waals surface area contributed by atoms with Crippen molar-refractivity contribution in [1.29, 1.82) is 0 Å². The highest BCUT2D eigenvalue weighted by molar-refractivity contribution is 5.57. The number of hydrogen-bond donors (Lipinski definition) is 2. The standard InChI is InChI=1S/C9H9NO/c11-9-2-1-8-6-10-4-3-7(8)5-9/h1-5,10-11H,6H2. The summed E-state index contributed by atoms with van der Waals surface area (Å²) >= 11 is 0. The summed E-state index contributed by atoms with van der Waals surface area (Å²) in [5.74, 6) is 0.329. The third-order valence-corrected chi connectivity index (χ3v) is 1.80. The number of nitrogens with one attached hydrogen (secondary N) is 1. The molecule has 0 fully saturated rings. The van der Waals surface area contributed by atoms with Gasteiger partial charge in [-0.15, -0.1) is 0 Å². The highest BCUT2D eigenvalue weighted by atomic mass is 16.3. The Morgan fingerprint density at radius 2 is 2.27 bits per heavy atom. The van der Waals surface area contributed by atoms with Crippen molar-refractivity contribution >= 4 is 6.08 Å². The maximum absolute atomic E-state index is 9.13. The molecule has 0 saturated carbocycles. The Kier molecular flexibility index (Phi) is 1.32. The number of phenols is 1. The van der Waals surface area contributed by atoms with E-state index >= 15 is 0 Å². The monoisotopic (exact) mass is 147 g/mol. The second kappa shape index (κ2) is 2.31. The van der Waals surface area contributed by atoms with Crippen LogP contribution in [0.15, 0.2) is 24.4 Å². The highest BCUT2D eigenvalue weighted by Crippen LogP contribution is 2.19. The first-order chi connectivity index (χ1) is 5.36. The summed E-state index contributed by atoms with van der Waals surface area (Å²) in [6, 6.07) is 5.41. The van der Waals surface area contributed by atoms with Gasteiger partial charge in [0.25, 0.3) is 0 Å². The molecule has 0 unspecified atom stereocenters. The molecule has 1 aromatic rings. The van der Waals surface area contributed by atoms with Crippen molar-refractivity contribution in [2.75, 3.05) is 0 Å². The van der Waals surface area contributed by atoms with Crippen molar-refractivity contribution in [2.45, 2.75) is 6.54 Å². The molecule has 2 N–H and O–H groups in total. The zero-order chi connectivity index (χ0) is 7.68. The number of aromatic hydroxyl groups is 1. The van der Waals surface area contributed by atoms with E-state index in [0.29, 0.717) is 5.75 Å². The number of fused-ring (bicyclic) bond motifs is 1. The van der Waals surface area contributed by atoms with E-state index in [0.717, 1.165) is 12.1 Å². The normalized spacial score (nSPS) is 13.8. The molecule has 0 aromatic heterocycles. The van der Waals surface area contributed by atoms with Crippen molar-refractivity contribution in [1.82, 2.24) is 5.32 Å². The van der Waals surface area contributed by atoms with Crippen LogP contribution in [-0.4, -0.2) is 5.11 Å². The number of benzene rings is 1. The molecule has 0 spiro atoms. The smallest absolute Gasteiger partial charge is 0.116 e. The quantitative estimate of drug-likeness (QED) is 0.582. The Morgan fingerprint density at radius 3 is 3.18 bits per heavy atom. The molecule has 0 atom stereocenters. The van der Waals surface area contributed by atoms with E-state index in [9.17, 15) is 0 Å². The first-order valence-electron chi connectivity index (χ1n) is 3.58. The van der Waals surface area contributed by atoms with E-state index in [1.54, 1.807) is 12.1 Å². The van der Waals surface area contributed by atoms with E-state index in [1.807, 2.05) is 18.3 Å². The molecule has 11 heavy (non-hydrogen) atoms. The maximum Gasteiger partial charge on any atom is 0.116 e. The molecular weight excluding hydrogens is 138 g/mol. The summed E-state index contributed by atoms with van der Waals surface area (Å²) in [7, 11) is 0. The van der Waals surface area contributed by atoms with Crippen LogP contribution in [0.1, 0.15) is 11.1 Å². The molecule has 1 aliphatic rings. The molecule has 0 aliphatic carbocycles. The Hall–Kier alpha value is -1.44. The molecule has 1 aromatic carbocycles. The summed E-state index contributed by atoms with van der Waals surface area (Å²) in [5, 5.41) is 12.2. The van der Waals surface area contributed by atoms with Crippen molar-refractivity contribution in [3.8, 4) is 5.75 Å². The lowest BCUT2D eigenvalue weighted by Gasteiger charge is -2.11. The molecule has 56 valence electrons. The molecular formula is C9H9NO. The van der Waals surface area contributed by atoms with Crippen molar-refractivity contribution in [2.24, 2.45) is 0 Å². The van der Waals surface area contributed by atoms with Gasteiger partial charge in [0.05, 0.1) is 0 Å². The van der Waals surface area contributed by atoms with Gasteiger partial charge in [-0.2, -0.15) is 0 Å². The van der Waals surface area contributed by atoms with Gasteiger partial charge in [0.1, 0.15) is 5.75 Å². The number of phenolic OH excluding ortho intramolecular Hbond substituents is 1. The molecule has 0 saturated heterocycles. The van der Waals surface area contributed by atoms with Gasteiger partial charge in [-0.1, -0.05) is 6.07 Å². The van der Waals surface area contributed by atoms with Crippen LogP contribution in [0.4, 0.5) is 0 Å². The average Bonchev–Trinajstić information content (AvgIpc) is 2.04. The number of rotatable bonds is 0. The largest absolute Gasteiger partial charge is 0.508 e. The van der Waals surface area contributed by atoms with E-state index in [-0.39, 0.29) is 0 Å². The van der Waals surface area contributed by atoms with Gasteiger partial charge < -0.3 is 10.4 Å². The van der Waals surface area contributed by atoms with Gasteiger partial charge in [0, 0.05) is 6.54 Å². The molecule has 2 nitrogen and oxygen atoms in total. The average molecular weight is 147 g/mol. The van der Waals surface area contributed by atoms with Crippen LogP contribution in [-0.2, 0) is 6.54 Å². The summed E-state index contributed by atoms with van der Waals surface area (Å²) in [5.41, 5.74) is 2.33. The van der Waals surface area contributed by atoms with Crippen molar-refractivity contribution in [3.05, 3.63) is 35.5 Å². The minimum Gasteiger partial charge on any atom is -0.508 e. The van der Waals surface area contributed by atoms with Gasteiger partial charge in [-0.25, -0.2) is 0 Å². The van der Waals surface area contributed by atoms with E-state index < -0.39 is 0 Å². The van der Waals surface area contributed by atoms with E-state index in [4.69, 9.17) is 5.11 Å². The van der Waals surface area contributed by atoms with Crippen LogP contribution in [0.3, 0.4) is 0 Å². The molecule has 0 bridgehead atoms. The predicted molar refractivity (Wildman–Crippen MR) is 44.0 cm³/mol. The summed E-state index contributed by atoms with van der Waals surface area (Å²) in [6.07, 6.45) is 3.85. The third-order valence-electron chi connectivity index (χ3n) is 1.80. The van der Waals surface area contributed by atoms with Crippen LogP contribution in [0.2, 0.25) is 0 Å². The van der Waals surface area contributed by atoms with E-state index in [2.05, 4.69) is 5.32 Å². The lowest BCUT2D eigenvalue weighted by molar-refractivity contribution is 0.475. The highest BCUT2D eigenvalue weighted by Gasteiger charge is 2.02. The Balaban J connectivity index is 2.54. The number of hydrogen-bond acceptors (Lipinski definition) is 2. The van der Waals surface area contributed by atoms with Crippen LogP contribution in [0, 0.1) is 0 Å². The summed E-state index contributed by atoms with van der Waals surface area (Å²) in [4.78, 5) is 0. The second-order valence-corrected chi connectivity index (χ2v) is 2.60. The fourth-order valence-corrected chi connectivity index (χ4v) is 1.22. The summed E-state index contributed by atoms with van der Waals surface area (Å²) in [6.45, 7) is 0.853. The van der Waals surface area contributed by atoms with Gasteiger partial charge in [0.2, 0.25) is 0 Å². The zero-order valence-corrected chi connectivity index (χ0v) is 6.04. The molecule has 0 radical (unpaired) electrons. The van der Waals surface area contributed by atoms with Crippen LogP contribution in [0.25, 0.3) is 6.08 Å². The minimum absolute atomic E-state index is 0.329. The fraction of sp³-hybridized carbons (Fsp3) is 0.111. The Bertz CT molecular complexity index is 304. The Morgan fingerprint density at radius 1 is 1.36 bits per heavy atom. The van der Waals surface area contributed by atoms with E-state index in [1.165, 1.54) is 5.56 Å². The topological polar surface area (TPSA) is 32.3 Å². The fourth-order valence-electron chi connectivity index (χ4n) is 1.22. The lowest BCUT2D eigenvalue weighted by Crippen LogP contribution is -2.09. The predicted octanol–water partition coefficient (Wildman–Crippen LogP) is 1.47. The summed E-state index contributed by atoms with van der Waals surface area (Å²) < 4.78 is 0. The van der Waals surface area contributed by atoms with Crippen LogP contribution in [0.5, 0.6) is 5.75 Å². The molecule has 2 heteroatoms. The van der Waals surface area contributed by atoms with Crippen LogP contribution >= 0.6 is 0 Å². The minimum atomic E-state index is 0.329. The third kappa shape index (κ3) is 1.07. The first kappa shape index (κ1) is 6.28. The van der Waals surface area contributed by atoms with Gasteiger partial charge >= 0.3 is 0 Å². The van der Waals surface area contributed by atoms with Crippen LogP contribution < -0.4 is 5.32 Å². The van der Waals surface area contributed by atoms with Crippen molar-refractivity contribution < 1.29 is 5.11 Å².